The first-order chi connectivity index (χ1) is 6.18. The first-order valence-corrected chi connectivity index (χ1v) is 4.44. The molecule has 0 aliphatic carbocycles. The van der Waals surface area contributed by atoms with Gasteiger partial charge in [-0.05, 0) is 19.1 Å². The van der Waals surface area contributed by atoms with Gasteiger partial charge in [-0.2, -0.15) is 0 Å². The minimum absolute atomic E-state index is 0.0498. The highest BCUT2D eigenvalue weighted by molar-refractivity contribution is 6.30. The lowest BCUT2D eigenvalue weighted by Gasteiger charge is -2.01. The Morgan fingerprint density at radius 2 is 2.31 bits per heavy atom. The first kappa shape index (κ1) is 8.53. The molecule has 0 radical (unpaired) electrons. The summed E-state index contributed by atoms with van der Waals surface area (Å²) in [6.45, 7) is 1.91. The van der Waals surface area contributed by atoms with Crippen molar-refractivity contribution in [2.75, 3.05) is 0 Å². The highest BCUT2D eigenvalue weighted by atomic mass is 35.5. The Kier molecular flexibility index (Phi) is 1.98. The van der Waals surface area contributed by atoms with Crippen molar-refractivity contribution in [3.63, 3.8) is 0 Å². The summed E-state index contributed by atoms with van der Waals surface area (Å²) in [6.07, 6.45) is 3.54. The third-order valence-corrected chi connectivity index (χ3v) is 2.18. The van der Waals surface area contributed by atoms with E-state index in [0.717, 1.165) is 11.2 Å². The number of hydrogen-bond donors (Lipinski definition) is 1. The molecule has 3 nitrogen and oxygen atoms in total. The Bertz CT molecular complexity index is 433. The van der Waals surface area contributed by atoms with E-state index >= 15 is 0 Å². The van der Waals surface area contributed by atoms with Gasteiger partial charge in [0.25, 0.3) is 0 Å². The molecule has 0 saturated heterocycles. The minimum Gasteiger partial charge on any atom is -0.323 e. The Morgan fingerprint density at radius 1 is 1.54 bits per heavy atom. The molecule has 2 heterocycles. The highest BCUT2D eigenvalue weighted by Gasteiger charge is 2.07. The summed E-state index contributed by atoms with van der Waals surface area (Å²) in [4.78, 5) is 4.22. The zero-order chi connectivity index (χ0) is 9.42. The summed E-state index contributed by atoms with van der Waals surface area (Å²) in [6, 6.07) is 3.71. The van der Waals surface area contributed by atoms with Gasteiger partial charge in [-0.3, -0.25) is 0 Å². The van der Waals surface area contributed by atoms with Crippen molar-refractivity contribution in [2.24, 2.45) is 5.73 Å². The van der Waals surface area contributed by atoms with Crippen LogP contribution in [-0.2, 0) is 0 Å². The van der Waals surface area contributed by atoms with E-state index < -0.39 is 0 Å². The van der Waals surface area contributed by atoms with Crippen LogP contribution in [0, 0.1) is 0 Å². The molecule has 0 fully saturated rings. The lowest BCUT2D eigenvalue weighted by atomic mass is 10.2. The maximum absolute atomic E-state index is 5.83. The Hall–Kier alpha value is -1.06. The van der Waals surface area contributed by atoms with Crippen molar-refractivity contribution in [2.45, 2.75) is 13.0 Å². The maximum atomic E-state index is 5.83. The van der Waals surface area contributed by atoms with Crippen LogP contribution < -0.4 is 5.73 Å². The van der Waals surface area contributed by atoms with Crippen molar-refractivity contribution in [3.8, 4) is 0 Å². The molecule has 0 aliphatic rings. The second-order valence-corrected chi connectivity index (χ2v) is 3.49. The fourth-order valence-electron chi connectivity index (χ4n) is 1.34. The summed E-state index contributed by atoms with van der Waals surface area (Å²) in [5.41, 5.74) is 7.67. The van der Waals surface area contributed by atoms with Gasteiger partial charge in [0, 0.05) is 12.2 Å². The summed E-state index contributed by atoms with van der Waals surface area (Å²) in [5.74, 6) is 0. The second kappa shape index (κ2) is 3.01. The van der Waals surface area contributed by atoms with Gasteiger partial charge in [0.1, 0.15) is 0 Å². The van der Waals surface area contributed by atoms with Crippen LogP contribution in [0.15, 0.2) is 24.7 Å². The van der Waals surface area contributed by atoms with Crippen LogP contribution in [0.4, 0.5) is 0 Å². The van der Waals surface area contributed by atoms with Crippen LogP contribution in [0.1, 0.15) is 18.7 Å². The zero-order valence-electron chi connectivity index (χ0n) is 7.24. The number of rotatable bonds is 1. The molecule has 2 N–H and O–H groups in total. The standard InChI is InChI=1S/C9H10ClN3/c1-6(11)9-8-3-2-7(10)4-13(8)5-12-9/h2-6H,11H2,1H3. The molecule has 13 heavy (non-hydrogen) atoms. The normalized spacial score (nSPS) is 13.5. The van der Waals surface area contributed by atoms with Gasteiger partial charge < -0.3 is 10.1 Å². The van der Waals surface area contributed by atoms with E-state index in [1.807, 2.05) is 29.7 Å². The number of hydrogen-bond acceptors (Lipinski definition) is 2. The van der Waals surface area contributed by atoms with Gasteiger partial charge in [-0.15, -0.1) is 0 Å². The fraction of sp³-hybridized carbons (Fsp3) is 0.222. The molecule has 0 amide bonds. The molecule has 2 rings (SSSR count). The quantitative estimate of drug-likeness (QED) is 0.757. The van der Waals surface area contributed by atoms with E-state index in [2.05, 4.69) is 4.98 Å². The van der Waals surface area contributed by atoms with Crippen LogP contribution in [0.3, 0.4) is 0 Å². The Balaban J connectivity index is 2.69. The summed E-state index contributed by atoms with van der Waals surface area (Å²) in [7, 11) is 0. The van der Waals surface area contributed by atoms with Gasteiger partial charge >= 0.3 is 0 Å². The maximum Gasteiger partial charge on any atom is 0.0996 e. The summed E-state index contributed by atoms with van der Waals surface area (Å²) >= 11 is 5.83. The van der Waals surface area contributed by atoms with Crippen LogP contribution in [-0.4, -0.2) is 9.38 Å². The molecule has 2 aromatic heterocycles. The predicted octanol–water partition coefficient (Wildman–Crippen LogP) is 2.01. The molecule has 2 aromatic rings. The van der Waals surface area contributed by atoms with Gasteiger partial charge in [-0.25, -0.2) is 4.98 Å². The molecule has 0 saturated carbocycles. The molecule has 0 spiro atoms. The molecule has 0 bridgehead atoms. The largest absolute Gasteiger partial charge is 0.323 e. The number of pyridine rings is 1. The van der Waals surface area contributed by atoms with Gasteiger partial charge in [0.15, 0.2) is 0 Å². The number of fused-ring (bicyclic) bond motifs is 1. The van der Waals surface area contributed by atoms with E-state index in [1.54, 1.807) is 6.33 Å². The van der Waals surface area contributed by atoms with Crippen molar-refractivity contribution >= 4 is 17.1 Å². The average Bonchev–Trinajstić information content (AvgIpc) is 2.46. The molecule has 1 atom stereocenters. The minimum atomic E-state index is -0.0498. The molecular formula is C9H10ClN3. The molecule has 68 valence electrons. The lowest BCUT2D eigenvalue weighted by molar-refractivity contribution is 0.796. The molecular weight excluding hydrogens is 186 g/mol. The van der Waals surface area contributed by atoms with Crippen LogP contribution in [0.5, 0.6) is 0 Å². The number of nitrogens with two attached hydrogens (primary N) is 1. The number of imidazole rings is 1. The highest BCUT2D eigenvalue weighted by Crippen LogP contribution is 2.17. The van der Waals surface area contributed by atoms with E-state index in [-0.39, 0.29) is 6.04 Å². The van der Waals surface area contributed by atoms with Gasteiger partial charge in [0.05, 0.1) is 22.6 Å². The first-order valence-electron chi connectivity index (χ1n) is 4.06. The zero-order valence-corrected chi connectivity index (χ0v) is 7.99. The monoisotopic (exact) mass is 195 g/mol. The van der Waals surface area contributed by atoms with Crippen LogP contribution >= 0.6 is 11.6 Å². The number of halogens is 1. The fourth-order valence-corrected chi connectivity index (χ4v) is 1.51. The molecule has 0 aromatic carbocycles. The molecule has 1 unspecified atom stereocenters. The molecule has 0 aliphatic heterocycles. The van der Waals surface area contributed by atoms with E-state index in [4.69, 9.17) is 17.3 Å². The smallest absolute Gasteiger partial charge is 0.0996 e. The Morgan fingerprint density at radius 3 is 3.00 bits per heavy atom. The second-order valence-electron chi connectivity index (χ2n) is 3.06. The third-order valence-electron chi connectivity index (χ3n) is 1.96. The van der Waals surface area contributed by atoms with Crippen LogP contribution in [0.25, 0.3) is 5.52 Å². The summed E-state index contributed by atoms with van der Waals surface area (Å²) < 4.78 is 1.88. The predicted molar refractivity (Wildman–Crippen MR) is 52.8 cm³/mol. The number of nitrogens with zero attached hydrogens (tertiary/aromatic N) is 2. The Labute approximate surface area is 81.1 Å². The van der Waals surface area contributed by atoms with E-state index in [1.165, 1.54) is 0 Å². The van der Waals surface area contributed by atoms with Crippen LogP contribution in [0.2, 0.25) is 5.02 Å². The van der Waals surface area contributed by atoms with E-state index in [9.17, 15) is 0 Å². The third kappa shape index (κ3) is 1.41. The van der Waals surface area contributed by atoms with Crippen molar-refractivity contribution < 1.29 is 0 Å². The summed E-state index contributed by atoms with van der Waals surface area (Å²) in [5, 5.41) is 0.695. The number of aromatic nitrogens is 2. The van der Waals surface area contributed by atoms with E-state index in [0.29, 0.717) is 5.02 Å². The average molecular weight is 196 g/mol. The van der Waals surface area contributed by atoms with Crippen molar-refractivity contribution in [1.82, 2.24) is 9.38 Å². The van der Waals surface area contributed by atoms with Crippen molar-refractivity contribution in [3.05, 3.63) is 35.4 Å². The van der Waals surface area contributed by atoms with Gasteiger partial charge in [-0.1, -0.05) is 11.6 Å². The lowest BCUT2D eigenvalue weighted by Crippen LogP contribution is -2.05. The topological polar surface area (TPSA) is 43.3 Å². The SMILES string of the molecule is CC(N)c1ncn2cc(Cl)ccc12. The van der Waals surface area contributed by atoms with Crippen molar-refractivity contribution in [1.29, 1.82) is 0 Å². The molecule has 4 heteroatoms. The van der Waals surface area contributed by atoms with Gasteiger partial charge in [0.2, 0.25) is 0 Å².